The Hall–Kier alpha value is -2.47. The summed E-state index contributed by atoms with van der Waals surface area (Å²) in [6.45, 7) is 6.19. The molecule has 2 aliphatic rings. The second-order valence-corrected chi connectivity index (χ2v) is 8.00. The van der Waals surface area contributed by atoms with Crippen molar-refractivity contribution >= 4 is 40.5 Å². The highest BCUT2D eigenvalue weighted by molar-refractivity contribution is 8.18. The number of piperidine rings is 1. The van der Waals surface area contributed by atoms with Gasteiger partial charge in [0.25, 0.3) is 5.91 Å². The molecule has 5 nitrogen and oxygen atoms in total. The normalized spacial score (nSPS) is 20.5. The number of hydrogen-bond donors (Lipinski definition) is 1. The van der Waals surface area contributed by atoms with E-state index in [0.717, 1.165) is 24.7 Å². The van der Waals surface area contributed by atoms with Crippen molar-refractivity contribution in [1.29, 1.82) is 0 Å². The molecule has 2 fully saturated rings. The third-order valence-corrected chi connectivity index (χ3v) is 5.84. The molecular formula is C21H23N3O2S. The molecule has 27 heavy (non-hydrogen) atoms. The molecule has 4 rings (SSSR count). The van der Waals surface area contributed by atoms with E-state index in [-0.39, 0.29) is 5.91 Å². The van der Waals surface area contributed by atoms with Crippen LogP contribution >= 0.6 is 11.8 Å². The van der Waals surface area contributed by atoms with Crippen molar-refractivity contribution in [1.82, 2.24) is 5.32 Å². The van der Waals surface area contributed by atoms with Crippen LogP contribution in [0.25, 0.3) is 6.08 Å². The summed E-state index contributed by atoms with van der Waals surface area (Å²) in [5.74, 6) is 1.44. The molecule has 1 aromatic carbocycles. The summed E-state index contributed by atoms with van der Waals surface area (Å²) in [4.78, 5) is 19.7. The molecule has 0 radical (unpaired) electrons. The van der Waals surface area contributed by atoms with Gasteiger partial charge in [0.1, 0.15) is 5.76 Å². The number of rotatable bonds is 3. The van der Waals surface area contributed by atoms with Gasteiger partial charge >= 0.3 is 0 Å². The number of carbonyl (C=O) groups is 1. The molecule has 1 aromatic heterocycles. The van der Waals surface area contributed by atoms with E-state index < -0.39 is 0 Å². The van der Waals surface area contributed by atoms with Crippen LogP contribution in [0.4, 0.5) is 11.6 Å². The smallest absolute Gasteiger partial charge is 0.264 e. The molecule has 3 heterocycles. The maximum Gasteiger partial charge on any atom is 0.264 e. The molecule has 140 valence electrons. The van der Waals surface area contributed by atoms with Crippen LogP contribution in [-0.4, -0.2) is 24.2 Å². The summed E-state index contributed by atoms with van der Waals surface area (Å²) in [7, 11) is 0. The predicted molar refractivity (Wildman–Crippen MR) is 111 cm³/mol. The van der Waals surface area contributed by atoms with Crippen LogP contribution < -0.4 is 10.2 Å². The van der Waals surface area contributed by atoms with Gasteiger partial charge in [-0.1, -0.05) is 6.07 Å². The number of nitrogens with one attached hydrogen (secondary N) is 1. The van der Waals surface area contributed by atoms with Gasteiger partial charge in [-0.05, 0) is 74.2 Å². The number of carbonyl (C=O) groups excluding carboxylic acids is 1. The number of hydrogen-bond acceptors (Lipinski definition) is 5. The number of nitrogens with zero attached hydrogens (tertiary/aromatic N) is 2. The number of anilines is 1. The van der Waals surface area contributed by atoms with Gasteiger partial charge in [-0.25, -0.2) is 4.99 Å². The lowest BCUT2D eigenvalue weighted by atomic mass is 10.1. The largest absolute Gasteiger partial charge is 0.441 e. The molecule has 1 N–H and O–H groups in total. The minimum atomic E-state index is -0.140. The second-order valence-electron chi connectivity index (χ2n) is 6.97. The van der Waals surface area contributed by atoms with E-state index in [1.165, 1.54) is 42.2 Å². The van der Waals surface area contributed by atoms with Crippen LogP contribution in [0.1, 0.15) is 36.1 Å². The Bertz CT molecular complexity index is 923. The average Bonchev–Trinajstić information content (AvgIpc) is 3.26. The fourth-order valence-electron chi connectivity index (χ4n) is 3.23. The monoisotopic (exact) mass is 381 g/mol. The molecular weight excluding hydrogens is 358 g/mol. The fourth-order valence-corrected chi connectivity index (χ4v) is 4.05. The minimum absolute atomic E-state index is 0.140. The van der Waals surface area contributed by atoms with E-state index in [4.69, 9.17) is 4.42 Å². The molecule has 0 unspecified atom stereocenters. The quantitative estimate of drug-likeness (QED) is 0.778. The van der Waals surface area contributed by atoms with Crippen LogP contribution in [-0.2, 0) is 4.79 Å². The van der Waals surface area contributed by atoms with Gasteiger partial charge in [-0.3, -0.25) is 4.79 Å². The van der Waals surface area contributed by atoms with Gasteiger partial charge in [0.15, 0.2) is 11.1 Å². The number of aryl methyl sites for hydroxylation is 2. The van der Waals surface area contributed by atoms with E-state index in [0.29, 0.717) is 15.8 Å². The van der Waals surface area contributed by atoms with Crippen molar-refractivity contribution in [3.8, 4) is 0 Å². The van der Waals surface area contributed by atoms with E-state index in [2.05, 4.69) is 29.1 Å². The fraction of sp³-hybridized carbons (Fsp3) is 0.333. The Kier molecular flexibility index (Phi) is 5.07. The van der Waals surface area contributed by atoms with Crippen LogP contribution in [0.2, 0.25) is 0 Å². The van der Waals surface area contributed by atoms with Crippen molar-refractivity contribution < 1.29 is 9.21 Å². The third kappa shape index (κ3) is 4.11. The number of furan rings is 1. The van der Waals surface area contributed by atoms with Crippen LogP contribution in [0, 0.1) is 13.8 Å². The summed E-state index contributed by atoms with van der Waals surface area (Å²) in [5.41, 5.74) is 3.25. The summed E-state index contributed by atoms with van der Waals surface area (Å²) >= 11 is 1.34. The number of aliphatic imine (C=N–C) groups is 1. The molecule has 0 saturated carbocycles. The zero-order valence-corrected chi connectivity index (χ0v) is 16.4. The molecule has 2 saturated heterocycles. The number of amides is 1. The Morgan fingerprint density at radius 1 is 1.11 bits per heavy atom. The Balaban J connectivity index is 1.49. The van der Waals surface area contributed by atoms with Crippen LogP contribution in [0.5, 0.6) is 0 Å². The van der Waals surface area contributed by atoms with E-state index in [9.17, 15) is 4.79 Å². The van der Waals surface area contributed by atoms with Gasteiger partial charge in [0.2, 0.25) is 0 Å². The second kappa shape index (κ2) is 7.64. The molecule has 2 aliphatic heterocycles. The van der Waals surface area contributed by atoms with Gasteiger partial charge in [0.05, 0.1) is 10.6 Å². The standard InChI is InChI=1S/C21H23N3O2S/c1-14-6-7-16(12-15(14)2)22-21-23-20(25)18(27-21)13-17-8-9-19(26-17)24-10-4-3-5-11-24/h6-9,12-13H,3-5,10-11H2,1-2H3,(H,22,23,25). The maximum atomic E-state index is 12.3. The Morgan fingerprint density at radius 3 is 2.70 bits per heavy atom. The van der Waals surface area contributed by atoms with Crippen LogP contribution in [0.3, 0.4) is 0 Å². The number of thioether (sulfide) groups is 1. The summed E-state index contributed by atoms with van der Waals surface area (Å²) in [6, 6.07) is 9.93. The predicted octanol–water partition coefficient (Wildman–Crippen LogP) is 4.78. The van der Waals surface area contributed by atoms with Gasteiger partial charge in [-0.15, -0.1) is 0 Å². The maximum absolute atomic E-state index is 12.3. The van der Waals surface area contributed by atoms with E-state index in [1.807, 2.05) is 30.3 Å². The summed E-state index contributed by atoms with van der Waals surface area (Å²) in [6.07, 6.45) is 5.48. The number of amidine groups is 1. The van der Waals surface area contributed by atoms with E-state index in [1.54, 1.807) is 6.08 Å². The highest BCUT2D eigenvalue weighted by Crippen LogP contribution is 2.30. The zero-order chi connectivity index (χ0) is 18.8. The third-order valence-electron chi connectivity index (χ3n) is 4.93. The number of benzene rings is 1. The highest BCUT2D eigenvalue weighted by Gasteiger charge is 2.24. The van der Waals surface area contributed by atoms with Crippen molar-refractivity contribution in [2.75, 3.05) is 18.0 Å². The zero-order valence-electron chi connectivity index (χ0n) is 15.6. The molecule has 0 atom stereocenters. The van der Waals surface area contributed by atoms with Gasteiger partial charge < -0.3 is 14.6 Å². The Morgan fingerprint density at radius 2 is 1.93 bits per heavy atom. The lowest BCUT2D eigenvalue weighted by Crippen LogP contribution is -2.28. The average molecular weight is 382 g/mol. The van der Waals surface area contributed by atoms with Crippen molar-refractivity contribution in [3.63, 3.8) is 0 Å². The topological polar surface area (TPSA) is 57.8 Å². The first-order chi connectivity index (χ1) is 13.1. The van der Waals surface area contributed by atoms with Gasteiger partial charge in [0, 0.05) is 25.2 Å². The molecule has 2 aromatic rings. The van der Waals surface area contributed by atoms with E-state index >= 15 is 0 Å². The van der Waals surface area contributed by atoms with Crippen molar-refractivity contribution in [2.45, 2.75) is 33.1 Å². The molecule has 0 bridgehead atoms. The molecule has 1 amide bonds. The first-order valence-corrected chi connectivity index (χ1v) is 10.1. The Labute approximate surface area is 163 Å². The molecule has 0 spiro atoms. The van der Waals surface area contributed by atoms with Crippen molar-refractivity contribution in [3.05, 3.63) is 52.1 Å². The first-order valence-electron chi connectivity index (χ1n) is 9.30. The van der Waals surface area contributed by atoms with Crippen molar-refractivity contribution in [2.24, 2.45) is 4.99 Å². The summed E-state index contributed by atoms with van der Waals surface area (Å²) in [5, 5.41) is 3.43. The lowest BCUT2D eigenvalue weighted by Gasteiger charge is -2.25. The van der Waals surface area contributed by atoms with Crippen LogP contribution in [0.15, 0.2) is 44.6 Å². The highest BCUT2D eigenvalue weighted by atomic mass is 32.2. The SMILES string of the molecule is Cc1ccc(N=C2NC(=O)C(=Cc3ccc(N4CCCCC4)o3)S2)cc1C. The molecule has 6 heteroatoms. The summed E-state index contributed by atoms with van der Waals surface area (Å²) < 4.78 is 5.93. The first kappa shape index (κ1) is 17.9. The lowest BCUT2D eigenvalue weighted by molar-refractivity contribution is -0.115. The molecule has 0 aliphatic carbocycles. The minimum Gasteiger partial charge on any atom is -0.441 e. The van der Waals surface area contributed by atoms with Gasteiger partial charge in [-0.2, -0.15) is 0 Å².